The van der Waals surface area contributed by atoms with E-state index in [0.717, 1.165) is 18.0 Å². The van der Waals surface area contributed by atoms with Crippen LogP contribution in [0.15, 0.2) is 6.20 Å². The van der Waals surface area contributed by atoms with Gasteiger partial charge in [-0.1, -0.05) is 0 Å². The number of nitrogens with zero attached hydrogens (tertiary/aromatic N) is 2. The first-order valence-electron chi connectivity index (χ1n) is 4.01. The van der Waals surface area contributed by atoms with E-state index in [1.165, 1.54) is 7.05 Å². The third kappa shape index (κ3) is 2.71. The fourth-order valence-electron chi connectivity index (χ4n) is 1.13. The molecule has 0 atom stereocenters. The molecule has 1 aromatic rings. The van der Waals surface area contributed by atoms with Gasteiger partial charge in [0.15, 0.2) is 5.69 Å². The van der Waals surface area contributed by atoms with Crippen molar-refractivity contribution in [3.05, 3.63) is 17.5 Å². The summed E-state index contributed by atoms with van der Waals surface area (Å²) in [6.45, 7) is 0. The first-order valence-corrected chi connectivity index (χ1v) is 4.01. The van der Waals surface area contributed by atoms with Gasteiger partial charge in [0.05, 0.1) is 13.5 Å². The number of ether oxygens (including phenoxy) is 1. The molecule has 84 valence electrons. The summed E-state index contributed by atoms with van der Waals surface area (Å²) in [6.07, 6.45) is -3.83. The number of methoxy groups -OCH3 is 1. The molecule has 0 radical (unpaired) electrons. The lowest BCUT2D eigenvalue weighted by molar-refractivity contribution is -0.143. The fraction of sp³-hybridized carbons (Fsp3) is 0.500. The number of esters is 1. The van der Waals surface area contributed by atoms with Crippen molar-refractivity contribution in [2.24, 2.45) is 7.05 Å². The van der Waals surface area contributed by atoms with E-state index in [-0.39, 0.29) is 5.56 Å². The van der Waals surface area contributed by atoms with Crippen molar-refractivity contribution in [3.8, 4) is 0 Å². The van der Waals surface area contributed by atoms with Crippen molar-refractivity contribution in [3.63, 3.8) is 0 Å². The average molecular weight is 222 g/mol. The van der Waals surface area contributed by atoms with Gasteiger partial charge in [0.2, 0.25) is 0 Å². The van der Waals surface area contributed by atoms with Crippen LogP contribution in [0, 0.1) is 0 Å². The molecular formula is C8H9F3N2O2. The van der Waals surface area contributed by atoms with Gasteiger partial charge in [0, 0.05) is 18.8 Å². The highest BCUT2D eigenvalue weighted by Gasteiger charge is 2.37. The molecular weight excluding hydrogens is 213 g/mol. The molecule has 1 aromatic heterocycles. The van der Waals surface area contributed by atoms with Crippen LogP contribution in [-0.4, -0.2) is 22.9 Å². The monoisotopic (exact) mass is 222 g/mol. The Morgan fingerprint density at radius 1 is 1.60 bits per heavy atom. The van der Waals surface area contributed by atoms with Gasteiger partial charge in [-0.25, -0.2) is 0 Å². The summed E-state index contributed by atoms with van der Waals surface area (Å²) in [7, 11) is 2.47. The molecule has 4 nitrogen and oxygen atoms in total. The Bertz CT molecular complexity index is 370. The van der Waals surface area contributed by atoms with Crippen LogP contribution in [-0.2, 0) is 29.2 Å². The number of carbonyl (C=O) groups is 1. The molecule has 7 heteroatoms. The Hall–Kier alpha value is -1.53. The maximum absolute atomic E-state index is 12.4. The van der Waals surface area contributed by atoms with Crippen LogP contribution in [0.3, 0.4) is 0 Å². The second-order valence-electron chi connectivity index (χ2n) is 2.93. The van der Waals surface area contributed by atoms with Crippen LogP contribution in [0.25, 0.3) is 0 Å². The van der Waals surface area contributed by atoms with Gasteiger partial charge >= 0.3 is 12.1 Å². The quantitative estimate of drug-likeness (QED) is 0.705. The fourth-order valence-corrected chi connectivity index (χ4v) is 1.13. The summed E-state index contributed by atoms with van der Waals surface area (Å²) >= 11 is 0. The van der Waals surface area contributed by atoms with Crippen LogP contribution in [0.1, 0.15) is 11.3 Å². The number of carbonyl (C=O) groups excluding carboxylic acids is 1. The van der Waals surface area contributed by atoms with E-state index in [1.807, 2.05) is 0 Å². The minimum atomic E-state index is -4.55. The first kappa shape index (κ1) is 11.5. The Morgan fingerprint density at radius 2 is 2.20 bits per heavy atom. The second kappa shape index (κ2) is 3.92. The zero-order valence-electron chi connectivity index (χ0n) is 8.13. The molecule has 1 heterocycles. The number of hydrogen-bond donors (Lipinski definition) is 0. The molecule has 0 aliphatic heterocycles. The van der Waals surface area contributed by atoms with Crippen LogP contribution in [0.5, 0.6) is 0 Å². The van der Waals surface area contributed by atoms with Gasteiger partial charge in [-0.2, -0.15) is 18.3 Å². The van der Waals surface area contributed by atoms with Gasteiger partial charge in [-0.05, 0) is 0 Å². The number of rotatable bonds is 2. The first-order chi connectivity index (χ1) is 6.84. The maximum Gasteiger partial charge on any atom is 0.435 e. The molecule has 0 aliphatic carbocycles. The molecule has 0 saturated heterocycles. The molecule has 0 fully saturated rings. The Labute approximate surface area is 83.6 Å². The molecule has 0 bridgehead atoms. The standard InChI is InChI=1S/C8H9F3N2O2/c1-13-4-5(3-6(14)15-2)7(12-13)8(9,10)11/h4H,3H2,1-2H3. The molecule has 0 N–H and O–H groups in total. The van der Waals surface area contributed by atoms with E-state index in [2.05, 4.69) is 9.84 Å². The summed E-state index contributed by atoms with van der Waals surface area (Å²) < 4.78 is 42.5. The van der Waals surface area contributed by atoms with Gasteiger partial charge in [0.1, 0.15) is 0 Å². The third-order valence-electron chi connectivity index (χ3n) is 1.74. The van der Waals surface area contributed by atoms with Crippen LogP contribution in [0.2, 0.25) is 0 Å². The smallest absolute Gasteiger partial charge is 0.435 e. The van der Waals surface area contributed by atoms with Gasteiger partial charge in [-0.3, -0.25) is 9.48 Å². The number of halogens is 3. The zero-order chi connectivity index (χ0) is 11.6. The number of aromatic nitrogens is 2. The average Bonchev–Trinajstić information content (AvgIpc) is 2.45. The van der Waals surface area contributed by atoms with Crippen molar-refractivity contribution in [2.45, 2.75) is 12.6 Å². The summed E-state index contributed by atoms with van der Waals surface area (Å²) in [5.74, 6) is -0.728. The van der Waals surface area contributed by atoms with E-state index in [0.29, 0.717) is 0 Å². The van der Waals surface area contributed by atoms with E-state index < -0.39 is 24.3 Å². The normalized spacial score (nSPS) is 11.5. The van der Waals surface area contributed by atoms with Crippen molar-refractivity contribution in [2.75, 3.05) is 7.11 Å². The lowest BCUT2D eigenvalue weighted by atomic mass is 10.2. The lowest BCUT2D eigenvalue weighted by Crippen LogP contribution is -2.12. The molecule has 0 amide bonds. The van der Waals surface area contributed by atoms with Crippen molar-refractivity contribution in [1.29, 1.82) is 0 Å². The molecule has 0 aromatic carbocycles. The van der Waals surface area contributed by atoms with E-state index in [1.54, 1.807) is 0 Å². The Balaban J connectivity index is 3.02. The molecule has 0 unspecified atom stereocenters. The van der Waals surface area contributed by atoms with Crippen LogP contribution < -0.4 is 0 Å². The second-order valence-corrected chi connectivity index (χ2v) is 2.93. The van der Waals surface area contributed by atoms with Gasteiger partial charge in [-0.15, -0.1) is 0 Å². The highest BCUT2D eigenvalue weighted by atomic mass is 19.4. The maximum atomic E-state index is 12.4. The highest BCUT2D eigenvalue weighted by molar-refractivity contribution is 5.72. The summed E-state index contributed by atoms with van der Waals surface area (Å²) in [5, 5.41) is 3.25. The topological polar surface area (TPSA) is 44.1 Å². The van der Waals surface area contributed by atoms with E-state index >= 15 is 0 Å². The van der Waals surface area contributed by atoms with Crippen molar-refractivity contribution in [1.82, 2.24) is 9.78 Å². The molecule has 15 heavy (non-hydrogen) atoms. The van der Waals surface area contributed by atoms with Crippen molar-refractivity contribution >= 4 is 5.97 Å². The van der Waals surface area contributed by atoms with Gasteiger partial charge in [0.25, 0.3) is 0 Å². The Morgan fingerprint density at radius 3 is 2.67 bits per heavy atom. The molecule has 0 spiro atoms. The SMILES string of the molecule is COC(=O)Cc1cn(C)nc1C(F)(F)F. The number of alkyl halides is 3. The minimum absolute atomic E-state index is 0.183. The van der Waals surface area contributed by atoms with Gasteiger partial charge < -0.3 is 4.74 Å². The van der Waals surface area contributed by atoms with E-state index in [4.69, 9.17) is 0 Å². The Kier molecular flexibility index (Phi) is 3.01. The predicted octanol–water partition coefficient (Wildman–Crippen LogP) is 1.15. The summed E-state index contributed by atoms with van der Waals surface area (Å²) in [6, 6.07) is 0. The highest BCUT2D eigenvalue weighted by Crippen LogP contribution is 2.30. The van der Waals surface area contributed by atoms with Crippen LogP contribution in [0.4, 0.5) is 13.2 Å². The summed E-state index contributed by atoms with van der Waals surface area (Å²) in [5.41, 5.74) is -1.23. The number of aryl methyl sites for hydroxylation is 1. The zero-order valence-corrected chi connectivity index (χ0v) is 8.13. The largest absolute Gasteiger partial charge is 0.469 e. The summed E-state index contributed by atoms with van der Waals surface area (Å²) in [4.78, 5) is 10.8. The third-order valence-corrected chi connectivity index (χ3v) is 1.74. The molecule has 0 saturated carbocycles. The van der Waals surface area contributed by atoms with Crippen LogP contribution >= 0.6 is 0 Å². The molecule has 1 rings (SSSR count). The van der Waals surface area contributed by atoms with Crippen molar-refractivity contribution < 1.29 is 22.7 Å². The van der Waals surface area contributed by atoms with E-state index in [9.17, 15) is 18.0 Å². The predicted molar refractivity (Wildman–Crippen MR) is 43.9 cm³/mol. The lowest BCUT2D eigenvalue weighted by Gasteiger charge is -2.04. The number of hydrogen-bond acceptors (Lipinski definition) is 3. The minimum Gasteiger partial charge on any atom is -0.469 e. The molecule has 0 aliphatic rings.